The molecule has 6 nitrogen and oxygen atoms in total. The predicted molar refractivity (Wildman–Crippen MR) is 113 cm³/mol. The molecule has 0 aromatic carbocycles. The number of rotatable bonds is 8. The lowest BCUT2D eigenvalue weighted by Gasteiger charge is -2.26. The molecule has 27 heavy (non-hydrogen) atoms. The lowest BCUT2D eigenvalue weighted by molar-refractivity contribution is 0.340. The lowest BCUT2D eigenvalue weighted by atomic mass is 9.86. The smallest absolute Gasteiger partial charge is 0.224 e. The molecule has 2 fully saturated rings. The fourth-order valence-corrected chi connectivity index (χ4v) is 4.29. The molecule has 1 heterocycles. The predicted octanol–water partition coefficient (Wildman–Crippen LogP) is 3.72. The molecule has 0 saturated heterocycles. The molecule has 2 aliphatic carbocycles. The topological polar surface area (TPSA) is 88.2 Å². The molecule has 0 bridgehead atoms. The number of aryl methyl sites for hydroxylation is 1. The van der Waals surface area contributed by atoms with Gasteiger partial charge in [0.15, 0.2) is 0 Å². The summed E-state index contributed by atoms with van der Waals surface area (Å²) < 4.78 is 0. The molecule has 6 heteroatoms. The summed E-state index contributed by atoms with van der Waals surface area (Å²) in [5.41, 5.74) is 6.69. The minimum Gasteiger partial charge on any atom is -0.384 e. The highest BCUT2D eigenvalue weighted by Gasteiger charge is 2.20. The summed E-state index contributed by atoms with van der Waals surface area (Å²) in [4.78, 5) is 13.5. The molecule has 4 N–H and O–H groups in total. The van der Waals surface area contributed by atoms with E-state index < -0.39 is 0 Å². The van der Waals surface area contributed by atoms with E-state index in [0.29, 0.717) is 23.7 Å². The van der Waals surface area contributed by atoms with Crippen molar-refractivity contribution in [1.29, 1.82) is 0 Å². The van der Waals surface area contributed by atoms with E-state index in [9.17, 15) is 0 Å². The molecule has 0 spiro atoms. The van der Waals surface area contributed by atoms with Gasteiger partial charge in [-0.15, -0.1) is 0 Å². The Labute approximate surface area is 163 Å². The van der Waals surface area contributed by atoms with Gasteiger partial charge in [0.05, 0.1) is 0 Å². The molecule has 150 valence electrons. The number of nitrogen functional groups attached to an aromatic ring is 1. The third-order valence-electron chi connectivity index (χ3n) is 5.87. The van der Waals surface area contributed by atoms with Gasteiger partial charge >= 0.3 is 0 Å². The van der Waals surface area contributed by atoms with Crippen LogP contribution < -0.4 is 16.4 Å². The van der Waals surface area contributed by atoms with E-state index in [4.69, 9.17) is 10.7 Å². The van der Waals surface area contributed by atoms with Crippen molar-refractivity contribution < 1.29 is 0 Å². The molecule has 2 saturated carbocycles. The summed E-state index contributed by atoms with van der Waals surface area (Å²) in [6, 6.07) is 3.06. The van der Waals surface area contributed by atoms with Gasteiger partial charge in [0, 0.05) is 43.1 Å². The van der Waals surface area contributed by atoms with E-state index in [2.05, 4.69) is 26.8 Å². The lowest BCUT2D eigenvalue weighted by Crippen LogP contribution is -2.31. The maximum atomic E-state index is 5.79. The van der Waals surface area contributed by atoms with Gasteiger partial charge < -0.3 is 16.4 Å². The second-order valence-corrected chi connectivity index (χ2v) is 8.22. The average molecular weight is 373 g/mol. The molecule has 0 radical (unpaired) electrons. The van der Waals surface area contributed by atoms with Crippen LogP contribution in [0.4, 0.5) is 11.8 Å². The standard InChI is InChI=1S/C21H36N6/c1-16-14-20(22)27-21(26-16)25-15-17-8-10-19(11-9-17)24-13-5-12-23-18-6-3-2-4-7-18/h13-14,17-19,23H,2-12,15H2,1H3,(H3,22,25,26,27). The van der Waals surface area contributed by atoms with Crippen molar-refractivity contribution in [2.24, 2.45) is 10.9 Å². The highest BCUT2D eigenvalue weighted by Crippen LogP contribution is 2.26. The Balaban J connectivity index is 1.28. The van der Waals surface area contributed by atoms with Crippen LogP contribution in [0.2, 0.25) is 0 Å². The molecular formula is C21H36N6. The van der Waals surface area contributed by atoms with Gasteiger partial charge in [-0.1, -0.05) is 19.3 Å². The van der Waals surface area contributed by atoms with E-state index >= 15 is 0 Å². The van der Waals surface area contributed by atoms with Gasteiger partial charge in [0.2, 0.25) is 5.95 Å². The first-order chi connectivity index (χ1) is 13.2. The van der Waals surface area contributed by atoms with E-state index in [-0.39, 0.29) is 0 Å². The monoisotopic (exact) mass is 372 g/mol. The minimum absolute atomic E-state index is 0.516. The van der Waals surface area contributed by atoms with Crippen LogP contribution in [0.15, 0.2) is 11.1 Å². The van der Waals surface area contributed by atoms with Crippen LogP contribution in [0, 0.1) is 12.8 Å². The first kappa shape index (κ1) is 20.1. The quantitative estimate of drug-likeness (QED) is 0.478. The van der Waals surface area contributed by atoms with Crippen LogP contribution in [0.25, 0.3) is 0 Å². The third kappa shape index (κ3) is 7.09. The molecular weight excluding hydrogens is 336 g/mol. The molecule has 3 rings (SSSR count). The summed E-state index contributed by atoms with van der Waals surface area (Å²) in [5.74, 6) is 1.86. The van der Waals surface area contributed by atoms with Gasteiger partial charge in [-0.05, 0) is 57.8 Å². The SMILES string of the molecule is Cc1cc(N)nc(NCC2CCC(N=CCCNC3CCCCC3)CC2)n1. The highest BCUT2D eigenvalue weighted by atomic mass is 15.1. The number of hydrogen-bond acceptors (Lipinski definition) is 6. The third-order valence-corrected chi connectivity index (χ3v) is 5.87. The summed E-state index contributed by atoms with van der Waals surface area (Å²) in [5, 5.41) is 7.04. The van der Waals surface area contributed by atoms with Crippen LogP contribution >= 0.6 is 0 Å². The average Bonchev–Trinajstić information content (AvgIpc) is 2.67. The summed E-state index contributed by atoms with van der Waals surface area (Å²) >= 11 is 0. The first-order valence-corrected chi connectivity index (χ1v) is 10.8. The first-order valence-electron chi connectivity index (χ1n) is 10.8. The molecule has 1 aromatic heterocycles. The fourth-order valence-electron chi connectivity index (χ4n) is 4.29. The van der Waals surface area contributed by atoms with Gasteiger partial charge in [0.1, 0.15) is 5.82 Å². The molecule has 1 aromatic rings. The normalized spacial score (nSPS) is 24.3. The zero-order valence-corrected chi connectivity index (χ0v) is 16.8. The van der Waals surface area contributed by atoms with Crippen molar-refractivity contribution >= 4 is 18.0 Å². The van der Waals surface area contributed by atoms with Crippen molar-refractivity contribution in [2.75, 3.05) is 24.1 Å². The van der Waals surface area contributed by atoms with E-state index in [1.807, 2.05) is 6.92 Å². The minimum atomic E-state index is 0.516. The van der Waals surface area contributed by atoms with Crippen LogP contribution in [0.5, 0.6) is 0 Å². The number of anilines is 2. The summed E-state index contributed by atoms with van der Waals surface area (Å²) in [6.07, 6.45) is 15.0. The van der Waals surface area contributed by atoms with Crippen LogP contribution in [-0.2, 0) is 0 Å². The zero-order valence-electron chi connectivity index (χ0n) is 16.8. The van der Waals surface area contributed by atoms with Crippen molar-refractivity contribution in [1.82, 2.24) is 15.3 Å². The van der Waals surface area contributed by atoms with E-state index in [1.165, 1.54) is 57.8 Å². The number of nitrogens with two attached hydrogens (primary N) is 1. The van der Waals surface area contributed by atoms with Crippen molar-refractivity contribution in [3.63, 3.8) is 0 Å². The van der Waals surface area contributed by atoms with Gasteiger partial charge in [-0.3, -0.25) is 4.99 Å². The number of nitrogens with one attached hydrogen (secondary N) is 2. The summed E-state index contributed by atoms with van der Waals surface area (Å²) in [6.45, 7) is 3.94. The Bertz CT molecular complexity index is 568. The Morgan fingerprint density at radius 1 is 1.11 bits per heavy atom. The number of aliphatic imine (C=N–C) groups is 1. The Morgan fingerprint density at radius 2 is 1.89 bits per heavy atom. The number of nitrogens with zero attached hydrogens (tertiary/aromatic N) is 3. The molecule has 0 unspecified atom stereocenters. The van der Waals surface area contributed by atoms with Crippen molar-refractivity contribution in [2.45, 2.75) is 83.2 Å². The van der Waals surface area contributed by atoms with Crippen molar-refractivity contribution in [3.8, 4) is 0 Å². The van der Waals surface area contributed by atoms with Gasteiger partial charge in [-0.25, -0.2) is 4.98 Å². The Morgan fingerprint density at radius 3 is 2.63 bits per heavy atom. The highest BCUT2D eigenvalue weighted by molar-refractivity contribution is 5.57. The number of hydrogen-bond donors (Lipinski definition) is 3. The Hall–Kier alpha value is -1.69. The van der Waals surface area contributed by atoms with E-state index in [1.54, 1.807) is 6.07 Å². The van der Waals surface area contributed by atoms with E-state index in [0.717, 1.165) is 31.2 Å². The van der Waals surface area contributed by atoms with Crippen LogP contribution in [0.3, 0.4) is 0 Å². The second kappa shape index (κ2) is 10.6. The maximum Gasteiger partial charge on any atom is 0.224 e. The summed E-state index contributed by atoms with van der Waals surface area (Å²) in [7, 11) is 0. The fraction of sp³-hybridized carbons (Fsp3) is 0.762. The zero-order chi connectivity index (χ0) is 18.9. The van der Waals surface area contributed by atoms with Crippen LogP contribution in [-0.4, -0.2) is 41.4 Å². The molecule has 0 aliphatic heterocycles. The largest absolute Gasteiger partial charge is 0.384 e. The van der Waals surface area contributed by atoms with Crippen molar-refractivity contribution in [3.05, 3.63) is 11.8 Å². The second-order valence-electron chi connectivity index (χ2n) is 8.22. The molecule has 2 aliphatic rings. The molecule has 0 atom stereocenters. The number of aromatic nitrogens is 2. The van der Waals surface area contributed by atoms with Gasteiger partial charge in [-0.2, -0.15) is 4.98 Å². The Kier molecular flexibility index (Phi) is 7.87. The molecule has 0 amide bonds. The maximum absolute atomic E-state index is 5.79. The van der Waals surface area contributed by atoms with Gasteiger partial charge in [0.25, 0.3) is 0 Å². The van der Waals surface area contributed by atoms with Crippen LogP contribution in [0.1, 0.15) is 69.9 Å².